The van der Waals surface area contributed by atoms with Gasteiger partial charge in [0.25, 0.3) is 0 Å². The molecule has 0 aliphatic heterocycles. The van der Waals surface area contributed by atoms with Crippen molar-refractivity contribution in [2.24, 2.45) is 0 Å². The minimum Gasteiger partial charge on any atom is -0.262 e. The highest BCUT2D eigenvalue weighted by Gasteiger charge is 2.16. The molecular weight excluding hydrogens is 276 g/mol. The van der Waals surface area contributed by atoms with Gasteiger partial charge in [-0.2, -0.15) is 5.10 Å². The molecule has 0 atom stereocenters. The molecule has 104 valence electrons. The molecule has 3 heterocycles. The van der Waals surface area contributed by atoms with Gasteiger partial charge in [-0.1, -0.05) is 18.5 Å². The van der Waals surface area contributed by atoms with E-state index in [4.69, 9.17) is 11.6 Å². The van der Waals surface area contributed by atoms with E-state index in [-0.39, 0.29) is 0 Å². The fourth-order valence-corrected chi connectivity index (χ4v) is 2.50. The van der Waals surface area contributed by atoms with Crippen LogP contribution in [0.3, 0.4) is 0 Å². The molecule has 3 rings (SSSR count). The maximum Gasteiger partial charge on any atom is 0.188 e. The molecule has 0 bridgehead atoms. The minimum absolute atomic E-state index is 0.423. The number of aromatic nitrogens is 6. The molecule has 0 aliphatic carbocycles. The molecular formula is C13H15ClN6. The Hall–Kier alpha value is -1.95. The highest BCUT2D eigenvalue weighted by Crippen LogP contribution is 2.22. The number of hydrogen-bond acceptors (Lipinski definition) is 4. The smallest absolute Gasteiger partial charge is 0.188 e. The zero-order valence-corrected chi connectivity index (χ0v) is 12.4. The Kier molecular flexibility index (Phi) is 3.17. The van der Waals surface area contributed by atoms with E-state index < -0.39 is 0 Å². The van der Waals surface area contributed by atoms with E-state index >= 15 is 0 Å². The number of halogens is 1. The van der Waals surface area contributed by atoms with Crippen LogP contribution in [-0.4, -0.2) is 29.4 Å². The Balaban J connectivity index is 2.27. The maximum absolute atomic E-state index is 5.95. The largest absolute Gasteiger partial charge is 0.262 e. The van der Waals surface area contributed by atoms with E-state index in [1.165, 1.54) is 0 Å². The third-order valence-electron chi connectivity index (χ3n) is 3.25. The molecule has 0 aliphatic rings. The summed E-state index contributed by atoms with van der Waals surface area (Å²) in [5.41, 5.74) is 2.68. The summed E-state index contributed by atoms with van der Waals surface area (Å²) in [6.45, 7) is 6.81. The number of hydrogen-bond donors (Lipinski definition) is 0. The number of rotatable bonds is 3. The van der Waals surface area contributed by atoms with E-state index in [0.29, 0.717) is 10.8 Å². The topological polar surface area (TPSA) is 60.9 Å². The van der Waals surface area contributed by atoms with Crippen molar-refractivity contribution in [3.05, 3.63) is 28.8 Å². The lowest BCUT2D eigenvalue weighted by atomic mass is 10.3. The first-order valence-electron chi connectivity index (χ1n) is 6.59. The van der Waals surface area contributed by atoms with Crippen LogP contribution in [0.1, 0.15) is 25.4 Å². The Bertz CT molecular complexity index is 773. The van der Waals surface area contributed by atoms with Crippen molar-refractivity contribution in [2.75, 3.05) is 0 Å². The fraction of sp³-hybridized carbons (Fsp3) is 0.385. The van der Waals surface area contributed by atoms with Crippen molar-refractivity contribution >= 4 is 17.2 Å². The summed E-state index contributed by atoms with van der Waals surface area (Å²) < 4.78 is 3.83. The van der Waals surface area contributed by atoms with E-state index in [1.807, 2.05) is 22.1 Å². The number of nitrogens with zero attached hydrogens (tertiary/aromatic N) is 6. The molecule has 0 amide bonds. The highest BCUT2D eigenvalue weighted by molar-refractivity contribution is 6.29. The molecule has 0 spiro atoms. The molecule has 7 heteroatoms. The van der Waals surface area contributed by atoms with Gasteiger partial charge in [0.15, 0.2) is 11.5 Å². The molecule has 3 aromatic heterocycles. The van der Waals surface area contributed by atoms with Gasteiger partial charge in [0.1, 0.15) is 16.7 Å². The average Bonchev–Trinajstić information content (AvgIpc) is 3.01. The Morgan fingerprint density at radius 1 is 1.20 bits per heavy atom. The van der Waals surface area contributed by atoms with Crippen LogP contribution in [0.25, 0.3) is 17.2 Å². The second-order valence-corrected chi connectivity index (χ2v) is 4.92. The van der Waals surface area contributed by atoms with Crippen molar-refractivity contribution in [1.29, 1.82) is 0 Å². The molecule has 20 heavy (non-hydrogen) atoms. The normalized spacial score (nSPS) is 11.4. The summed E-state index contributed by atoms with van der Waals surface area (Å²) in [6, 6.07) is 3.76. The summed E-state index contributed by atoms with van der Waals surface area (Å²) in [5, 5.41) is 13.4. The third-order valence-corrected chi connectivity index (χ3v) is 3.44. The highest BCUT2D eigenvalue weighted by atomic mass is 35.5. The lowest BCUT2D eigenvalue weighted by Gasteiger charge is -2.05. The van der Waals surface area contributed by atoms with E-state index in [9.17, 15) is 0 Å². The predicted molar refractivity (Wildman–Crippen MR) is 76.8 cm³/mol. The summed E-state index contributed by atoms with van der Waals surface area (Å²) in [4.78, 5) is 4.26. The first-order valence-corrected chi connectivity index (χ1v) is 6.97. The van der Waals surface area contributed by atoms with Crippen LogP contribution in [0, 0.1) is 6.92 Å². The number of fused-ring (bicyclic) bond motifs is 1. The molecule has 0 unspecified atom stereocenters. The Labute approximate surface area is 121 Å². The van der Waals surface area contributed by atoms with Crippen molar-refractivity contribution in [3.8, 4) is 11.5 Å². The van der Waals surface area contributed by atoms with Gasteiger partial charge < -0.3 is 0 Å². The van der Waals surface area contributed by atoms with Crippen LogP contribution in [-0.2, 0) is 13.0 Å². The van der Waals surface area contributed by atoms with Crippen LogP contribution < -0.4 is 0 Å². The molecule has 0 fully saturated rings. The van der Waals surface area contributed by atoms with Gasteiger partial charge in [0, 0.05) is 12.6 Å². The number of aryl methyl sites for hydroxylation is 3. The molecule has 0 saturated heterocycles. The minimum atomic E-state index is 0.423. The molecule has 3 aromatic rings. The molecule has 0 N–H and O–H groups in total. The molecule has 6 nitrogen and oxygen atoms in total. The van der Waals surface area contributed by atoms with Crippen LogP contribution in [0.15, 0.2) is 12.1 Å². The second kappa shape index (κ2) is 4.86. The fourth-order valence-electron chi connectivity index (χ4n) is 2.28. The van der Waals surface area contributed by atoms with Crippen LogP contribution >= 0.6 is 11.6 Å². The molecule has 0 radical (unpaired) electrons. The van der Waals surface area contributed by atoms with Crippen molar-refractivity contribution in [1.82, 2.24) is 29.4 Å². The Morgan fingerprint density at radius 3 is 2.70 bits per heavy atom. The van der Waals surface area contributed by atoms with Gasteiger partial charge in [-0.15, -0.1) is 10.2 Å². The molecule has 0 aromatic carbocycles. The lowest BCUT2D eigenvalue weighted by molar-refractivity contribution is 0.651. The first-order chi connectivity index (χ1) is 9.63. The van der Waals surface area contributed by atoms with Crippen LogP contribution in [0.4, 0.5) is 0 Å². The van der Waals surface area contributed by atoms with Crippen LogP contribution in [0.5, 0.6) is 0 Å². The second-order valence-electron chi connectivity index (χ2n) is 4.53. The van der Waals surface area contributed by atoms with Crippen molar-refractivity contribution < 1.29 is 0 Å². The lowest BCUT2D eigenvalue weighted by Crippen LogP contribution is -2.04. The summed E-state index contributed by atoms with van der Waals surface area (Å²) >= 11 is 5.95. The van der Waals surface area contributed by atoms with Gasteiger partial charge in [-0.05, 0) is 26.3 Å². The monoisotopic (exact) mass is 290 g/mol. The molecule has 0 saturated carbocycles. The van der Waals surface area contributed by atoms with Gasteiger partial charge in [-0.3, -0.25) is 9.08 Å². The Morgan fingerprint density at radius 2 is 2.00 bits per heavy atom. The van der Waals surface area contributed by atoms with E-state index in [0.717, 1.165) is 36.0 Å². The summed E-state index contributed by atoms with van der Waals surface area (Å²) in [6.07, 6.45) is 0.889. The van der Waals surface area contributed by atoms with Gasteiger partial charge >= 0.3 is 0 Å². The van der Waals surface area contributed by atoms with Gasteiger partial charge in [-0.25, -0.2) is 4.98 Å². The SMILES string of the molecule is CCc1cc(-c2nnc3cc(Cl)nc(C)n23)n(CC)n1. The summed E-state index contributed by atoms with van der Waals surface area (Å²) in [5.74, 6) is 1.50. The average molecular weight is 291 g/mol. The quantitative estimate of drug-likeness (QED) is 0.696. The first kappa shape index (κ1) is 13.1. The van der Waals surface area contributed by atoms with Crippen LogP contribution in [0.2, 0.25) is 5.15 Å². The summed E-state index contributed by atoms with van der Waals surface area (Å²) in [7, 11) is 0. The zero-order chi connectivity index (χ0) is 14.3. The predicted octanol–water partition coefficient (Wildman–Crippen LogP) is 2.53. The third kappa shape index (κ3) is 1.96. The van der Waals surface area contributed by atoms with E-state index in [1.54, 1.807) is 6.07 Å². The van der Waals surface area contributed by atoms with Crippen molar-refractivity contribution in [3.63, 3.8) is 0 Å². The van der Waals surface area contributed by atoms with Crippen molar-refractivity contribution in [2.45, 2.75) is 33.7 Å². The zero-order valence-electron chi connectivity index (χ0n) is 11.6. The van der Waals surface area contributed by atoms with Gasteiger partial charge in [0.05, 0.1) is 5.69 Å². The van der Waals surface area contributed by atoms with Gasteiger partial charge in [0.2, 0.25) is 0 Å². The standard InChI is InChI=1S/C13H15ClN6/c1-4-9-6-10(19(5-2)18-9)13-17-16-12-7-11(14)15-8(3)20(12)13/h6-7H,4-5H2,1-3H3. The van der Waals surface area contributed by atoms with E-state index in [2.05, 4.69) is 34.1 Å². The maximum atomic E-state index is 5.95.